The van der Waals surface area contributed by atoms with Crippen molar-refractivity contribution in [2.24, 2.45) is 0 Å². The molecule has 4 amide bonds. The lowest BCUT2D eigenvalue weighted by Gasteiger charge is -2.13. The first-order valence-corrected chi connectivity index (χ1v) is 8.53. The predicted molar refractivity (Wildman–Crippen MR) is 97.0 cm³/mol. The van der Waals surface area contributed by atoms with Crippen LogP contribution in [0, 0.1) is 0 Å². The van der Waals surface area contributed by atoms with Crippen molar-refractivity contribution in [1.29, 1.82) is 0 Å². The second-order valence-electron chi connectivity index (χ2n) is 5.67. The second-order valence-corrected chi connectivity index (χ2v) is 6.59. The lowest BCUT2D eigenvalue weighted by molar-refractivity contribution is -0.130. The average Bonchev–Trinajstić information content (AvgIpc) is 2.83. The molecule has 25 heavy (non-hydrogen) atoms. The van der Waals surface area contributed by atoms with Gasteiger partial charge in [-0.1, -0.05) is 52.3 Å². The fraction of sp³-hybridized carbons (Fsp3) is 0.167. The number of imide groups is 1. The fourth-order valence-corrected chi connectivity index (χ4v) is 3.02. The van der Waals surface area contributed by atoms with E-state index in [0.29, 0.717) is 12.1 Å². The molecular formula is C18H16BrN3O3. The summed E-state index contributed by atoms with van der Waals surface area (Å²) in [6, 6.07) is 15.3. The highest BCUT2D eigenvalue weighted by Crippen LogP contribution is 2.16. The van der Waals surface area contributed by atoms with Crippen molar-refractivity contribution in [2.75, 3.05) is 11.9 Å². The molecule has 0 spiro atoms. The van der Waals surface area contributed by atoms with Crippen LogP contribution in [0.25, 0.3) is 0 Å². The minimum Gasteiger partial charge on any atom is -0.325 e. The van der Waals surface area contributed by atoms with E-state index in [4.69, 9.17) is 0 Å². The molecule has 1 aliphatic rings. The normalized spacial score (nSPS) is 16.7. The van der Waals surface area contributed by atoms with E-state index in [-0.39, 0.29) is 6.54 Å². The largest absolute Gasteiger partial charge is 0.325 e. The molecule has 128 valence electrons. The van der Waals surface area contributed by atoms with Crippen molar-refractivity contribution >= 4 is 39.5 Å². The van der Waals surface area contributed by atoms with E-state index in [1.54, 1.807) is 18.2 Å². The summed E-state index contributed by atoms with van der Waals surface area (Å²) in [4.78, 5) is 37.5. The van der Waals surface area contributed by atoms with Gasteiger partial charge in [-0.05, 0) is 23.8 Å². The third-order valence-electron chi connectivity index (χ3n) is 3.80. The lowest BCUT2D eigenvalue weighted by Crippen LogP contribution is -2.38. The molecule has 0 aliphatic carbocycles. The third kappa shape index (κ3) is 4.24. The van der Waals surface area contributed by atoms with Crippen LogP contribution in [0.5, 0.6) is 0 Å². The summed E-state index contributed by atoms with van der Waals surface area (Å²) in [5.74, 6) is -0.819. The van der Waals surface area contributed by atoms with Gasteiger partial charge in [0.2, 0.25) is 5.91 Å². The number of hydrogen-bond donors (Lipinski definition) is 2. The maximum atomic E-state index is 12.4. The first kappa shape index (κ1) is 17.2. The van der Waals surface area contributed by atoms with Crippen molar-refractivity contribution in [3.05, 3.63) is 64.6 Å². The SMILES string of the molecule is O=C(CN1C(=O)NC(Cc2ccccc2)C1=O)Nc1cccc(Br)c1. The number of rotatable bonds is 5. The summed E-state index contributed by atoms with van der Waals surface area (Å²) in [6.07, 6.45) is 0.398. The number of amides is 4. The molecule has 1 aliphatic heterocycles. The topological polar surface area (TPSA) is 78.5 Å². The number of benzene rings is 2. The van der Waals surface area contributed by atoms with Crippen LogP contribution in [-0.4, -0.2) is 35.3 Å². The van der Waals surface area contributed by atoms with Gasteiger partial charge in [-0.2, -0.15) is 0 Å². The molecular weight excluding hydrogens is 386 g/mol. The highest BCUT2D eigenvalue weighted by molar-refractivity contribution is 9.10. The second kappa shape index (κ2) is 7.48. The quantitative estimate of drug-likeness (QED) is 0.755. The van der Waals surface area contributed by atoms with E-state index in [1.165, 1.54) is 0 Å². The van der Waals surface area contributed by atoms with Crippen LogP contribution >= 0.6 is 15.9 Å². The smallest absolute Gasteiger partial charge is 0.325 e. The summed E-state index contributed by atoms with van der Waals surface area (Å²) in [6.45, 7) is -0.317. The highest BCUT2D eigenvalue weighted by atomic mass is 79.9. The maximum Gasteiger partial charge on any atom is 0.325 e. The van der Waals surface area contributed by atoms with Crippen LogP contribution in [0.15, 0.2) is 59.1 Å². The molecule has 1 saturated heterocycles. The summed E-state index contributed by atoms with van der Waals surface area (Å²) < 4.78 is 0.822. The van der Waals surface area contributed by atoms with Crippen molar-refractivity contribution in [1.82, 2.24) is 10.2 Å². The number of carbonyl (C=O) groups excluding carboxylic acids is 3. The van der Waals surface area contributed by atoms with Gasteiger partial charge in [-0.25, -0.2) is 4.79 Å². The zero-order chi connectivity index (χ0) is 17.8. The molecule has 2 aromatic rings. The molecule has 1 heterocycles. The summed E-state index contributed by atoms with van der Waals surface area (Å²) in [5, 5.41) is 5.30. The van der Waals surface area contributed by atoms with Crippen LogP contribution in [0.3, 0.4) is 0 Å². The highest BCUT2D eigenvalue weighted by Gasteiger charge is 2.38. The Morgan fingerprint density at radius 1 is 1.12 bits per heavy atom. The van der Waals surface area contributed by atoms with E-state index in [0.717, 1.165) is 14.9 Å². The van der Waals surface area contributed by atoms with Crippen molar-refractivity contribution in [3.8, 4) is 0 Å². The van der Waals surface area contributed by atoms with Gasteiger partial charge in [-0.3, -0.25) is 14.5 Å². The Hall–Kier alpha value is -2.67. The zero-order valence-corrected chi connectivity index (χ0v) is 14.8. The van der Waals surface area contributed by atoms with Gasteiger partial charge < -0.3 is 10.6 Å². The van der Waals surface area contributed by atoms with Gasteiger partial charge in [0.05, 0.1) is 0 Å². The first-order valence-electron chi connectivity index (χ1n) is 7.74. The Morgan fingerprint density at radius 3 is 2.60 bits per heavy atom. The van der Waals surface area contributed by atoms with Gasteiger partial charge in [0, 0.05) is 16.6 Å². The minimum atomic E-state index is -0.645. The first-order chi connectivity index (χ1) is 12.0. The molecule has 2 N–H and O–H groups in total. The van der Waals surface area contributed by atoms with Crippen LogP contribution in [0.4, 0.5) is 10.5 Å². The molecule has 0 aromatic heterocycles. The van der Waals surface area contributed by atoms with Crippen molar-refractivity contribution in [2.45, 2.75) is 12.5 Å². The average molecular weight is 402 g/mol. The molecule has 7 heteroatoms. The number of nitrogens with one attached hydrogen (secondary N) is 2. The van der Waals surface area contributed by atoms with Gasteiger partial charge in [0.25, 0.3) is 5.91 Å². The summed E-state index contributed by atoms with van der Waals surface area (Å²) in [7, 11) is 0. The van der Waals surface area contributed by atoms with Crippen LogP contribution in [0.1, 0.15) is 5.56 Å². The van der Waals surface area contributed by atoms with Crippen LogP contribution < -0.4 is 10.6 Å². The standard InChI is InChI=1S/C18H16BrN3O3/c19-13-7-4-8-14(10-13)20-16(23)11-22-17(24)15(21-18(22)25)9-12-5-2-1-3-6-12/h1-8,10,15H,9,11H2,(H,20,23)(H,21,25). The van der Waals surface area contributed by atoms with E-state index >= 15 is 0 Å². The fourth-order valence-electron chi connectivity index (χ4n) is 2.63. The van der Waals surface area contributed by atoms with E-state index < -0.39 is 23.9 Å². The number of carbonyl (C=O) groups is 3. The van der Waals surface area contributed by atoms with E-state index in [1.807, 2.05) is 36.4 Å². The van der Waals surface area contributed by atoms with Crippen LogP contribution in [-0.2, 0) is 16.0 Å². The summed E-state index contributed by atoms with van der Waals surface area (Å²) >= 11 is 3.32. The number of nitrogens with zero attached hydrogens (tertiary/aromatic N) is 1. The van der Waals surface area contributed by atoms with Gasteiger partial charge >= 0.3 is 6.03 Å². The number of halogens is 1. The molecule has 2 aromatic carbocycles. The lowest BCUT2D eigenvalue weighted by atomic mass is 10.1. The molecule has 1 unspecified atom stereocenters. The van der Waals surface area contributed by atoms with E-state index in [2.05, 4.69) is 26.6 Å². The van der Waals surface area contributed by atoms with E-state index in [9.17, 15) is 14.4 Å². The Morgan fingerprint density at radius 2 is 1.88 bits per heavy atom. The zero-order valence-electron chi connectivity index (χ0n) is 13.2. The van der Waals surface area contributed by atoms with Gasteiger partial charge in [0.15, 0.2) is 0 Å². The Balaban J connectivity index is 1.61. The molecule has 0 saturated carbocycles. The monoisotopic (exact) mass is 401 g/mol. The van der Waals surface area contributed by atoms with Crippen LogP contribution in [0.2, 0.25) is 0 Å². The number of hydrogen-bond acceptors (Lipinski definition) is 3. The Labute approximate surface area is 153 Å². The number of anilines is 1. The van der Waals surface area contributed by atoms with Gasteiger partial charge in [0.1, 0.15) is 12.6 Å². The minimum absolute atomic E-state index is 0.317. The Bertz CT molecular complexity index is 810. The number of urea groups is 1. The summed E-state index contributed by atoms with van der Waals surface area (Å²) in [5.41, 5.74) is 1.54. The molecule has 0 radical (unpaired) electrons. The molecule has 0 bridgehead atoms. The Kier molecular flexibility index (Phi) is 5.14. The maximum absolute atomic E-state index is 12.4. The van der Waals surface area contributed by atoms with Crippen molar-refractivity contribution in [3.63, 3.8) is 0 Å². The molecule has 3 rings (SSSR count). The molecule has 1 fully saturated rings. The molecule has 6 nitrogen and oxygen atoms in total. The third-order valence-corrected chi connectivity index (χ3v) is 4.29. The predicted octanol–water partition coefficient (Wildman–Crippen LogP) is 2.55. The molecule has 1 atom stereocenters. The van der Waals surface area contributed by atoms with Crippen molar-refractivity contribution < 1.29 is 14.4 Å². The van der Waals surface area contributed by atoms with Gasteiger partial charge in [-0.15, -0.1) is 0 Å².